The summed E-state index contributed by atoms with van der Waals surface area (Å²) in [6, 6.07) is 0. The van der Waals surface area contributed by atoms with Gasteiger partial charge in [0.05, 0.1) is 19.8 Å². The van der Waals surface area contributed by atoms with Crippen molar-refractivity contribution in [1.29, 1.82) is 0 Å². The SMILES string of the molecule is C=CC1CCN(C(=O)CCCOCCOCCNC(=O)C2CCN(C)CC2)CC1. The second-order valence-electron chi connectivity index (χ2n) is 8.15. The zero-order chi connectivity index (χ0) is 20.9. The Morgan fingerprint density at radius 1 is 1.00 bits per heavy atom. The first-order chi connectivity index (χ1) is 14.1. The summed E-state index contributed by atoms with van der Waals surface area (Å²) in [4.78, 5) is 28.5. The summed E-state index contributed by atoms with van der Waals surface area (Å²) in [6.07, 6.45) is 7.22. The number of nitrogens with one attached hydrogen (secondary N) is 1. The minimum absolute atomic E-state index is 0.144. The molecule has 0 aromatic rings. The molecule has 0 spiro atoms. The van der Waals surface area contributed by atoms with Crippen molar-refractivity contribution in [3.8, 4) is 0 Å². The molecule has 0 aromatic heterocycles. The molecule has 2 heterocycles. The van der Waals surface area contributed by atoms with E-state index in [0.717, 1.165) is 58.3 Å². The molecule has 7 nitrogen and oxygen atoms in total. The molecular formula is C22H39N3O4. The molecule has 2 amide bonds. The molecule has 0 bridgehead atoms. The van der Waals surface area contributed by atoms with Gasteiger partial charge in [-0.3, -0.25) is 9.59 Å². The molecule has 0 radical (unpaired) electrons. The highest BCUT2D eigenvalue weighted by molar-refractivity contribution is 5.78. The lowest BCUT2D eigenvalue weighted by atomic mass is 9.96. The van der Waals surface area contributed by atoms with Crippen LogP contribution in [0.2, 0.25) is 0 Å². The van der Waals surface area contributed by atoms with E-state index in [2.05, 4.69) is 23.8 Å². The normalized spacial score (nSPS) is 19.3. The van der Waals surface area contributed by atoms with Gasteiger partial charge in [-0.25, -0.2) is 0 Å². The highest BCUT2D eigenvalue weighted by Gasteiger charge is 2.23. The molecule has 1 N–H and O–H groups in total. The van der Waals surface area contributed by atoms with Crippen LogP contribution in [0.4, 0.5) is 0 Å². The van der Waals surface area contributed by atoms with Crippen LogP contribution in [0.15, 0.2) is 12.7 Å². The smallest absolute Gasteiger partial charge is 0.223 e. The van der Waals surface area contributed by atoms with Crippen molar-refractivity contribution in [3.63, 3.8) is 0 Å². The van der Waals surface area contributed by atoms with Gasteiger partial charge in [-0.2, -0.15) is 0 Å². The maximum Gasteiger partial charge on any atom is 0.223 e. The molecule has 166 valence electrons. The van der Waals surface area contributed by atoms with Crippen LogP contribution >= 0.6 is 0 Å². The third-order valence-corrected chi connectivity index (χ3v) is 5.91. The Kier molecular flexibility index (Phi) is 11.3. The predicted molar refractivity (Wildman–Crippen MR) is 114 cm³/mol. The molecule has 2 saturated heterocycles. The standard InChI is InChI=1S/C22H39N3O4/c1-3-19-6-13-25(14-7-19)21(26)5-4-15-28-17-18-29-16-10-23-22(27)20-8-11-24(2)12-9-20/h3,19-20H,1,4-18H2,2H3,(H,23,27). The maximum absolute atomic E-state index is 12.2. The van der Waals surface area contributed by atoms with E-state index in [1.54, 1.807) is 0 Å². The lowest BCUT2D eigenvalue weighted by Crippen LogP contribution is -2.40. The predicted octanol–water partition coefficient (Wildman–Crippen LogP) is 1.68. The van der Waals surface area contributed by atoms with Crippen molar-refractivity contribution in [2.45, 2.75) is 38.5 Å². The van der Waals surface area contributed by atoms with Crippen molar-refractivity contribution in [2.24, 2.45) is 11.8 Å². The number of allylic oxidation sites excluding steroid dienone is 1. The third kappa shape index (κ3) is 9.28. The van der Waals surface area contributed by atoms with E-state index >= 15 is 0 Å². The number of carbonyl (C=O) groups excluding carboxylic acids is 2. The summed E-state index contributed by atoms with van der Waals surface area (Å²) in [5, 5.41) is 2.96. The largest absolute Gasteiger partial charge is 0.379 e. The summed E-state index contributed by atoms with van der Waals surface area (Å²) in [5.41, 5.74) is 0. The Balaban J connectivity index is 1.37. The summed E-state index contributed by atoms with van der Waals surface area (Å²) < 4.78 is 11.0. The average Bonchev–Trinajstić information content (AvgIpc) is 2.75. The van der Waals surface area contributed by atoms with Gasteiger partial charge in [0.25, 0.3) is 0 Å². The van der Waals surface area contributed by atoms with Gasteiger partial charge >= 0.3 is 0 Å². The first-order valence-corrected chi connectivity index (χ1v) is 11.1. The zero-order valence-corrected chi connectivity index (χ0v) is 18.1. The van der Waals surface area contributed by atoms with Crippen molar-refractivity contribution in [2.75, 3.05) is 66.2 Å². The number of likely N-dealkylation sites (tertiary alicyclic amines) is 2. The van der Waals surface area contributed by atoms with E-state index in [1.165, 1.54) is 0 Å². The minimum Gasteiger partial charge on any atom is -0.379 e. The van der Waals surface area contributed by atoms with Crippen LogP contribution in [-0.2, 0) is 19.1 Å². The van der Waals surface area contributed by atoms with Gasteiger partial charge in [0.1, 0.15) is 0 Å². The van der Waals surface area contributed by atoms with Crippen LogP contribution in [0, 0.1) is 11.8 Å². The Morgan fingerprint density at radius 3 is 2.31 bits per heavy atom. The first kappa shape index (κ1) is 23.8. The number of carbonyl (C=O) groups is 2. The van der Waals surface area contributed by atoms with Crippen LogP contribution in [0.1, 0.15) is 38.5 Å². The summed E-state index contributed by atoms with van der Waals surface area (Å²) >= 11 is 0. The molecule has 2 aliphatic rings. The fourth-order valence-electron chi connectivity index (χ4n) is 3.85. The van der Waals surface area contributed by atoms with Crippen LogP contribution < -0.4 is 5.32 Å². The fraction of sp³-hybridized carbons (Fsp3) is 0.818. The molecular weight excluding hydrogens is 370 g/mol. The van der Waals surface area contributed by atoms with E-state index in [0.29, 0.717) is 45.3 Å². The monoisotopic (exact) mass is 409 g/mol. The van der Waals surface area contributed by atoms with Crippen molar-refractivity contribution in [3.05, 3.63) is 12.7 Å². The zero-order valence-electron chi connectivity index (χ0n) is 18.1. The van der Waals surface area contributed by atoms with Gasteiger partial charge in [0, 0.05) is 38.6 Å². The molecule has 0 atom stereocenters. The molecule has 29 heavy (non-hydrogen) atoms. The Morgan fingerprint density at radius 2 is 1.66 bits per heavy atom. The number of ether oxygens (including phenoxy) is 2. The Labute approximate surface area is 175 Å². The van der Waals surface area contributed by atoms with Crippen LogP contribution in [0.3, 0.4) is 0 Å². The van der Waals surface area contributed by atoms with E-state index in [9.17, 15) is 9.59 Å². The topological polar surface area (TPSA) is 71.1 Å². The number of rotatable bonds is 12. The Bertz CT molecular complexity index is 498. The van der Waals surface area contributed by atoms with E-state index in [4.69, 9.17) is 9.47 Å². The number of hydrogen-bond donors (Lipinski definition) is 1. The van der Waals surface area contributed by atoms with E-state index in [1.807, 2.05) is 11.0 Å². The average molecular weight is 410 g/mol. The van der Waals surface area contributed by atoms with Crippen LogP contribution in [0.5, 0.6) is 0 Å². The molecule has 0 aromatic carbocycles. The molecule has 0 saturated carbocycles. The van der Waals surface area contributed by atoms with Crippen molar-refractivity contribution < 1.29 is 19.1 Å². The van der Waals surface area contributed by atoms with Gasteiger partial charge in [0.15, 0.2) is 0 Å². The molecule has 0 aliphatic carbocycles. The number of hydrogen-bond acceptors (Lipinski definition) is 5. The number of piperidine rings is 2. The van der Waals surface area contributed by atoms with Crippen molar-refractivity contribution >= 4 is 11.8 Å². The van der Waals surface area contributed by atoms with Gasteiger partial charge in [0.2, 0.25) is 11.8 Å². The number of nitrogens with zero attached hydrogens (tertiary/aromatic N) is 2. The van der Waals surface area contributed by atoms with E-state index < -0.39 is 0 Å². The number of amides is 2. The third-order valence-electron chi connectivity index (χ3n) is 5.91. The minimum atomic E-state index is 0.144. The van der Waals surface area contributed by atoms with Gasteiger partial charge in [-0.05, 0) is 58.2 Å². The van der Waals surface area contributed by atoms with Gasteiger partial charge < -0.3 is 24.6 Å². The molecule has 2 fully saturated rings. The van der Waals surface area contributed by atoms with Crippen LogP contribution in [-0.4, -0.2) is 87.8 Å². The first-order valence-electron chi connectivity index (χ1n) is 11.1. The lowest BCUT2D eigenvalue weighted by Gasteiger charge is -2.30. The summed E-state index contributed by atoms with van der Waals surface area (Å²) in [6.45, 7) is 10.2. The lowest BCUT2D eigenvalue weighted by molar-refractivity contribution is -0.132. The quantitative estimate of drug-likeness (QED) is 0.392. The molecule has 7 heteroatoms. The van der Waals surface area contributed by atoms with Crippen molar-refractivity contribution in [1.82, 2.24) is 15.1 Å². The van der Waals surface area contributed by atoms with Crippen LogP contribution in [0.25, 0.3) is 0 Å². The van der Waals surface area contributed by atoms with Gasteiger partial charge in [-0.15, -0.1) is 6.58 Å². The van der Waals surface area contributed by atoms with E-state index in [-0.39, 0.29) is 17.7 Å². The molecule has 0 unspecified atom stereocenters. The maximum atomic E-state index is 12.2. The highest BCUT2D eigenvalue weighted by atomic mass is 16.5. The fourth-order valence-corrected chi connectivity index (χ4v) is 3.85. The highest BCUT2D eigenvalue weighted by Crippen LogP contribution is 2.18. The summed E-state index contributed by atoms with van der Waals surface area (Å²) in [7, 11) is 2.09. The Hall–Kier alpha value is -1.44. The molecule has 2 aliphatic heterocycles. The second kappa shape index (κ2) is 13.7. The summed E-state index contributed by atoms with van der Waals surface area (Å²) in [5.74, 6) is 1.08. The second-order valence-corrected chi connectivity index (χ2v) is 8.15. The van der Waals surface area contributed by atoms with Gasteiger partial charge in [-0.1, -0.05) is 6.08 Å². The molecule has 2 rings (SSSR count).